The summed E-state index contributed by atoms with van der Waals surface area (Å²) in [6.45, 7) is 7.61. The number of carbonyl (C=O) groups excluding carboxylic acids is 1. The van der Waals surface area contributed by atoms with Gasteiger partial charge in [-0.2, -0.15) is 23.5 Å². The number of carbonyl (C=O) groups is 1. The van der Waals surface area contributed by atoms with E-state index in [-0.39, 0.29) is 67.7 Å². The number of nitrogens with zero attached hydrogens (tertiary/aromatic N) is 5. The number of nitrogens with one attached hydrogen (secondary N) is 1. The standard InChI is InChI=1S/C34H39N6O10P/c1-20(2)31(41)37-33-36-30-27(32(38-33)45-14-13-21-9-11-25(12-10-21)40(42)43)35-19-39(30)26-15-24(28-29(26)50-34(3,4)49-28)18-48-51(44)46-16-22-7-5-6-8-23(22)17-47-51/h5-12,19-20,24,26,28-29H,13-18H2,1-4H3,(H,36,37,38,41)/t24-,26-,28-,29+/m1/s1. The molecule has 0 bridgehead atoms. The summed E-state index contributed by atoms with van der Waals surface area (Å²) in [5.41, 5.74) is 3.41. The number of phosphoric ester groups is 1. The molecule has 17 heteroatoms. The molecule has 7 rings (SSSR count). The Hall–Kier alpha value is -4.15. The van der Waals surface area contributed by atoms with Crippen molar-refractivity contribution < 1.29 is 42.4 Å². The molecule has 0 spiro atoms. The first-order chi connectivity index (χ1) is 24.4. The van der Waals surface area contributed by atoms with Crippen molar-refractivity contribution in [2.24, 2.45) is 11.8 Å². The topological polar surface area (TPSA) is 194 Å². The lowest BCUT2D eigenvalue weighted by atomic mass is 10.1. The van der Waals surface area contributed by atoms with Crippen molar-refractivity contribution >= 4 is 36.9 Å². The maximum atomic E-state index is 13.6. The van der Waals surface area contributed by atoms with Gasteiger partial charge < -0.3 is 23.7 Å². The largest absolute Gasteiger partial charge is 0.606 e. The second-order valence-corrected chi connectivity index (χ2v) is 15.2. The molecule has 2 aromatic heterocycles. The Kier molecular flexibility index (Phi) is 9.76. The van der Waals surface area contributed by atoms with Crippen molar-refractivity contribution in [3.8, 4) is 5.88 Å². The molecule has 16 nitrogen and oxygen atoms in total. The fourth-order valence-corrected chi connectivity index (χ4v) is 7.71. The van der Waals surface area contributed by atoms with Crippen LogP contribution in [0.2, 0.25) is 0 Å². The SMILES string of the molecule is CC(C)C(=O)Nc1nc(OCCc2ccc([N+](=O)[O-])cc2)c2ncn([C@@H]3C[C@H](CO[P+]4([O-])OCc5ccccc5CO4)[C@H]4OC(C)(C)O[C@H]43)c2n1. The predicted octanol–water partition coefficient (Wildman–Crippen LogP) is 4.83. The average Bonchev–Trinajstić information content (AvgIpc) is 3.72. The van der Waals surface area contributed by atoms with E-state index >= 15 is 0 Å². The minimum absolute atomic E-state index is 0.00233. The van der Waals surface area contributed by atoms with Gasteiger partial charge in [0.05, 0.1) is 30.0 Å². The van der Waals surface area contributed by atoms with Gasteiger partial charge in [-0.3, -0.25) is 20.2 Å². The molecule has 2 aliphatic heterocycles. The smallest absolute Gasteiger partial charge is 0.380 e. The van der Waals surface area contributed by atoms with Gasteiger partial charge in [0, 0.05) is 30.4 Å². The molecular formula is C34H39N6O10P. The van der Waals surface area contributed by atoms with Gasteiger partial charge >= 0.3 is 8.17 Å². The van der Waals surface area contributed by atoms with Crippen LogP contribution in [0.3, 0.4) is 0 Å². The number of anilines is 1. The van der Waals surface area contributed by atoms with Crippen molar-refractivity contribution in [3.63, 3.8) is 0 Å². The number of non-ortho nitro benzene ring substituents is 1. The number of hydrogen-bond donors (Lipinski definition) is 1. The lowest BCUT2D eigenvalue weighted by Gasteiger charge is -2.26. The maximum absolute atomic E-state index is 13.6. The van der Waals surface area contributed by atoms with E-state index in [1.54, 1.807) is 32.3 Å². The number of amides is 1. The van der Waals surface area contributed by atoms with Crippen LogP contribution in [0.5, 0.6) is 5.88 Å². The van der Waals surface area contributed by atoms with E-state index in [1.165, 1.54) is 12.1 Å². The van der Waals surface area contributed by atoms with Crippen LogP contribution in [-0.4, -0.2) is 61.6 Å². The van der Waals surface area contributed by atoms with Crippen LogP contribution in [0, 0.1) is 22.0 Å². The van der Waals surface area contributed by atoms with Crippen LogP contribution < -0.4 is 14.9 Å². The summed E-state index contributed by atoms with van der Waals surface area (Å²) < 4.78 is 38.0. The lowest BCUT2D eigenvalue weighted by molar-refractivity contribution is -0.384. The van der Waals surface area contributed by atoms with Gasteiger partial charge in [-0.25, -0.2) is 4.98 Å². The van der Waals surface area contributed by atoms with Crippen molar-refractivity contribution in [2.45, 2.75) is 77.8 Å². The number of nitro benzene ring substituents is 1. The molecule has 0 unspecified atom stereocenters. The number of ether oxygens (including phenoxy) is 3. The molecule has 1 saturated carbocycles. The Bertz CT molecular complexity index is 1890. The minimum Gasteiger partial charge on any atom is -0.606 e. The molecule has 1 aliphatic carbocycles. The van der Waals surface area contributed by atoms with E-state index in [9.17, 15) is 19.8 Å². The second-order valence-electron chi connectivity index (χ2n) is 13.5. The van der Waals surface area contributed by atoms with E-state index in [0.29, 0.717) is 24.0 Å². The van der Waals surface area contributed by atoms with E-state index in [2.05, 4.69) is 15.3 Å². The van der Waals surface area contributed by atoms with Gasteiger partial charge in [-0.15, -0.1) is 0 Å². The highest BCUT2D eigenvalue weighted by Gasteiger charge is 2.56. The zero-order chi connectivity index (χ0) is 35.9. The van der Waals surface area contributed by atoms with Gasteiger partial charge in [0.2, 0.25) is 17.7 Å². The molecule has 3 aliphatic rings. The van der Waals surface area contributed by atoms with E-state index in [1.807, 2.05) is 42.7 Å². The number of benzene rings is 2. The summed E-state index contributed by atoms with van der Waals surface area (Å²) in [7, 11) is -3.88. The summed E-state index contributed by atoms with van der Waals surface area (Å²) in [6.07, 6.45) is 1.70. The normalized spacial score (nSPS) is 23.5. The molecule has 4 atom stereocenters. The Labute approximate surface area is 294 Å². The fourth-order valence-electron chi connectivity index (χ4n) is 6.52. The average molecular weight is 723 g/mol. The van der Waals surface area contributed by atoms with Gasteiger partial charge in [0.1, 0.15) is 25.9 Å². The quantitative estimate of drug-likeness (QED) is 0.126. The maximum Gasteiger partial charge on any atom is 0.380 e. The van der Waals surface area contributed by atoms with Gasteiger partial charge in [0.15, 0.2) is 17.0 Å². The summed E-state index contributed by atoms with van der Waals surface area (Å²) in [5.74, 6) is -1.55. The van der Waals surface area contributed by atoms with Crippen LogP contribution >= 0.6 is 8.17 Å². The zero-order valence-corrected chi connectivity index (χ0v) is 29.5. The third-order valence-electron chi connectivity index (χ3n) is 9.16. The molecular weight excluding hydrogens is 683 g/mol. The van der Waals surface area contributed by atoms with Crippen molar-refractivity contribution in [1.29, 1.82) is 0 Å². The molecule has 2 aromatic carbocycles. The molecule has 4 aromatic rings. The summed E-state index contributed by atoms with van der Waals surface area (Å²) in [4.78, 5) is 50.6. The molecule has 1 amide bonds. The highest BCUT2D eigenvalue weighted by molar-refractivity contribution is 7.53. The van der Waals surface area contributed by atoms with Crippen LogP contribution in [0.1, 0.15) is 56.8 Å². The molecule has 270 valence electrons. The first kappa shape index (κ1) is 35.3. The van der Waals surface area contributed by atoms with E-state index in [4.69, 9.17) is 32.8 Å². The number of imidazole rings is 1. The Balaban J connectivity index is 1.13. The number of hydrogen-bond acceptors (Lipinski definition) is 13. The summed E-state index contributed by atoms with van der Waals surface area (Å²) in [5, 5.41) is 13.8. The number of phosphoric acid groups is 1. The number of aromatic nitrogens is 4. The Morgan fingerprint density at radius 3 is 2.43 bits per heavy atom. The van der Waals surface area contributed by atoms with Gasteiger partial charge in [-0.05, 0) is 37.0 Å². The minimum atomic E-state index is -3.88. The van der Waals surface area contributed by atoms with Crippen LogP contribution in [-0.2, 0) is 47.5 Å². The molecule has 51 heavy (non-hydrogen) atoms. The summed E-state index contributed by atoms with van der Waals surface area (Å²) >= 11 is 0. The second kappa shape index (κ2) is 14.1. The van der Waals surface area contributed by atoms with Crippen LogP contribution in [0.25, 0.3) is 11.2 Å². The predicted molar refractivity (Wildman–Crippen MR) is 181 cm³/mol. The Morgan fingerprint density at radius 1 is 1.08 bits per heavy atom. The third-order valence-corrected chi connectivity index (χ3v) is 10.5. The van der Waals surface area contributed by atoms with Crippen molar-refractivity contribution in [3.05, 3.63) is 81.7 Å². The Morgan fingerprint density at radius 2 is 1.76 bits per heavy atom. The first-order valence-corrected chi connectivity index (χ1v) is 18.2. The monoisotopic (exact) mass is 722 g/mol. The fraction of sp³-hybridized carbons (Fsp3) is 0.471. The van der Waals surface area contributed by atoms with E-state index in [0.717, 1.165) is 16.7 Å². The lowest BCUT2D eigenvalue weighted by Crippen LogP contribution is -2.29. The zero-order valence-electron chi connectivity index (χ0n) is 28.6. The van der Waals surface area contributed by atoms with Crippen molar-refractivity contribution in [2.75, 3.05) is 18.5 Å². The molecule has 1 saturated heterocycles. The van der Waals surface area contributed by atoms with Crippen LogP contribution in [0.15, 0.2) is 54.9 Å². The molecule has 4 heterocycles. The number of fused-ring (bicyclic) bond motifs is 3. The van der Waals surface area contributed by atoms with Gasteiger partial charge in [0.25, 0.3) is 5.69 Å². The summed E-state index contributed by atoms with van der Waals surface area (Å²) in [6, 6.07) is 13.5. The molecule has 1 N–H and O–H groups in total. The van der Waals surface area contributed by atoms with Gasteiger partial charge in [-0.1, -0.05) is 50.2 Å². The van der Waals surface area contributed by atoms with Crippen molar-refractivity contribution in [1.82, 2.24) is 19.5 Å². The number of nitro groups is 1. The third kappa shape index (κ3) is 7.58. The van der Waals surface area contributed by atoms with Crippen LogP contribution in [0.4, 0.5) is 11.6 Å². The number of rotatable bonds is 11. The van der Waals surface area contributed by atoms with E-state index < -0.39 is 31.1 Å². The highest BCUT2D eigenvalue weighted by Crippen LogP contribution is 2.58. The first-order valence-electron chi connectivity index (χ1n) is 16.8. The molecule has 0 radical (unpaired) electrons. The highest BCUT2D eigenvalue weighted by atomic mass is 31.2. The molecule has 2 fully saturated rings.